The van der Waals surface area contributed by atoms with Crippen LogP contribution in [0.3, 0.4) is 0 Å². The van der Waals surface area contributed by atoms with Gasteiger partial charge in [0.25, 0.3) is 5.91 Å². The number of hydrogen-bond acceptors (Lipinski definition) is 4. The summed E-state index contributed by atoms with van der Waals surface area (Å²) in [6.45, 7) is 1.88. The van der Waals surface area contributed by atoms with E-state index in [9.17, 15) is 9.59 Å². The molecular weight excluding hydrogens is 346 g/mol. The minimum Gasteiger partial charge on any atom is -0.332 e. The van der Waals surface area contributed by atoms with E-state index < -0.39 is 0 Å². The number of benzene rings is 2. The molecule has 0 fully saturated rings. The molecule has 0 spiro atoms. The third-order valence-corrected chi connectivity index (χ3v) is 4.95. The first-order valence-corrected chi connectivity index (χ1v) is 8.99. The number of thiazole rings is 1. The smallest absolute Gasteiger partial charge is 0.254 e. The topological polar surface area (TPSA) is 62.3 Å². The molecule has 1 heterocycles. The molecular formula is C20H19N3O2S. The number of rotatable bonds is 5. The molecule has 0 aliphatic rings. The summed E-state index contributed by atoms with van der Waals surface area (Å²) in [7, 11) is 1.61. The molecule has 6 heteroatoms. The molecule has 132 valence electrons. The van der Waals surface area contributed by atoms with Gasteiger partial charge in [0.2, 0.25) is 5.91 Å². The highest BCUT2D eigenvalue weighted by Gasteiger charge is 2.16. The Morgan fingerprint density at radius 3 is 2.31 bits per heavy atom. The van der Waals surface area contributed by atoms with Crippen molar-refractivity contribution in [3.05, 3.63) is 71.9 Å². The second-order valence-corrected chi connectivity index (χ2v) is 6.87. The van der Waals surface area contributed by atoms with E-state index in [0.717, 1.165) is 16.1 Å². The van der Waals surface area contributed by atoms with E-state index in [1.807, 2.05) is 43.3 Å². The number of carbonyl (C=O) groups is 2. The molecule has 2 amide bonds. The summed E-state index contributed by atoms with van der Waals surface area (Å²) >= 11 is 1.43. The van der Waals surface area contributed by atoms with Gasteiger partial charge in [-0.15, -0.1) is 0 Å². The van der Waals surface area contributed by atoms with Crippen molar-refractivity contribution in [1.29, 1.82) is 0 Å². The minimum absolute atomic E-state index is 0.0347. The van der Waals surface area contributed by atoms with Crippen molar-refractivity contribution < 1.29 is 9.59 Å². The molecule has 1 aromatic heterocycles. The molecule has 0 bridgehead atoms. The van der Waals surface area contributed by atoms with Crippen LogP contribution in [0.5, 0.6) is 0 Å². The number of amides is 2. The van der Waals surface area contributed by atoms with E-state index in [-0.39, 0.29) is 18.4 Å². The standard InChI is InChI=1S/C20H19N3O2S/c1-14-18(15-9-5-3-6-10-15)26-20(21-14)22-17(24)13-23(2)19(25)16-11-7-4-8-12-16/h3-12H,13H2,1-2H3,(H,21,22,24). The number of aryl methyl sites for hydroxylation is 1. The Balaban J connectivity index is 1.64. The maximum absolute atomic E-state index is 12.3. The summed E-state index contributed by atoms with van der Waals surface area (Å²) in [5, 5.41) is 3.32. The summed E-state index contributed by atoms with van der Waals surface area (Å²) < 4.78 is 0. The first-order valence-electron chi connectivity index (χ1n) is 8.18. The second-order valence-electron chi connectivity index (χ2n) is 5.87. The van der Waals surface area contributed by atoms with Crippen LogP contribution in [0.4, 0.5) is 5.13 Å². The number of nitrogens with one attached hydrogen (secondary N) is 1. The van der Waals surface area contributed by atoms with Crippen molar-refractivity contribution >= 4 is 28.3 Å². The van der Waals surface area contributed by atoms with Crippen molar-refractivity contribution in [3.8, 4) is 10.4 Å². The van der Waals surface area contributed by atoms with E-state index in [4.69, 9.17) is 0 Å². The summed E-state index contributed by atoms with van der Waals surface area (Å²) in [6, 6.07) is 18.8. The van der Waals surface area contributed by atoms with Crippen molar-refractivity contribution in [2.75, 3.05) is 18.9 Å². The Morgan fingerprint density at radius 1 is 1.04 bits per heavy atom. The van der Waals surface area contributed by atoms with Crippen molar-refractivity contribution in [2.24, 2.45) is 0 Å². The van der Waals surface area contributed by atoms with Gasteiger partial charge >= 0.3 is 0 Å². The zero-order valence-corrected chi connectivity index (χ0v) is 15.4. The minimum atomic E-state index is -0.273. The predicted molar refractivity (Wildman–Crippen MR) is 104 cm³/mol. The molecule has 0 unspecified atom stereocenters. The number of carbonyl (C=O) groups excluding carboxylic acids is 2. The van der Waals surface area contributed by atoms with Gasteiger partial charge in [0.15, 0.2) is 5.13 Å². The Bertz CT molecular complexity index is 907. The van der Waals surface area contributed by atoms with E-state index in [1.165, 1.54) is 16.2 Å². The molecule has 0 aliphatic carbocycles. The molecule has 0 atom stereocenters. The highest BCUT2D eigenvalue weighted by atomic mass is 32.1. The number of nitrogens with zero attached hydrogens (tertiary/aromatic N) is 2. The third-order valence-electron chi connectivity index (χ3n) is 3.83. The molecule has 3 aromatic rings. The fourth-order valence-corrected chi connectivity index (χ4v) is 3.54. The van der Waals surface area contributed by atoms with Gasteiger partial charge < -0.3 is 10.2 Å². The lowest BCUT2D eigenvalue weighted by Crippen LogP contribution is -2.34. The summed E-state index contributed by atoms with van der Waals surface area (Å²) in [5.41, 5.74) is 2.49. The fraction of sp³-hybridized carbons (Fsp3) is 0.150. The lowest BCUT2D eigenvalue weighted by molar-refractivity contribution is -0.116. The van der Waals surface area contributed by atoms with Crippen LogP contribution in [0.25, 0.3) is 10.4 Å². The fourth-order valence-electron chi connectivity index (χ4n) is 2.55. The average molecular weight is 365 g/mol. The van der Waals surface area contributed by atoms with Crippen LogP contribution in [0.15, 0.2) is 60.7 Å². The lowest BCUT2D eigenvalue weighted by Gasteiger charge is -2.16. The van der Waals surface area contributed by atoms with Gasteiger partial charge in [-0.05, 0) is 24.6 Å². The van der Waals surface area contributed by atoms with Gasteiger partial charge in [0, 0.05) is 12.6 Å². The quantitative estimate of drug-likeness (QED) is 0.747. The molecule has 26 heavy (non-hydrogen) atoms. The normalized spacial score (nSPS) is 10.4. The predicted octanol–water partition coefficient (Wildman–Crippen LogP) is 3.83. The summed E-state index contributed by atoms with van der Waals surface area (Å²) in [5.74, 6) is -0.466. The summed E-state index contributed by atoms with van der Waals surface area (Å²) in [6.07, 6.45) is 0. The first-order chi connectivity index (χ1) is 12.5. The molecule has 1 N–H and O–H groups in total. The first kappa shape index (κ1) is 17.8. The lowest BCUT2D eigenvalue weighted by atomic mass is 10.2. The molecule has 0 aliphatic heterocycles. The van der Waals surface area contributed by atoms with Crippen molar-refractivity contribution in [2.45, 2.75) is 6.92 Å². The average Bonchev–Trinajstić information content (AvgIpc) is 3.02. The molecule has 0 saturated carbocycles. The van der Waals surface area contributed by atoms with Gasteiger partial charge in [-0.3, -0.25) is 9.59 Å². The van der Waals surface area contributed by atoms with E-state index in [1.54, 1.807) is 31.3 Å². The van der Waals surface area contributed by atoms with Crippen LogP contribution < -0.4 is 5.32 Å². The van der Waals surface area contributed by atoms with Gasteiger partial charge in [-0.25, -0.2) is 4.98 Å². The maximum atomic E-state index is 12.3. The van der Waals surface area contributed by atoms with Crippen LogP contribution in [-0.2, 0) is 4.79 Å². The second kappa shape index (κ2) is 7.93. The number of aromatic nitrogens is 1. The Morgan fingerprint density at radius 2 is 1.65 bits per heavy atom. The Hall–Kier alpha value is -2.99. The largest absolute Gasteiger partial charge is 0.332 e. The highest BCUT2D eigenvalue weighted by molar-refractivity contribution is 7.19. The van der Waals surface area contributed by atoms with Gasteiger partial charge in [0.1, 0.15) is 0 Å². The van der Waals surface area contributed by atoms with Gasteiger partial charge in [-0.1, -0.05) is 59.9 Å². The third kappa shape index (κ3) is 4.15. The Labute approximate surface area is 156 Å². The zero-order valence-electron chi connectivity index (χ0n) is 14.6. The molecule has 0 saturated heterocycles. The number of anilines is 1. The van der Waals surface area contributed by atoms with Crippen molar-refractivity contribution in [3.63, 3.8) is 0 Å². The van der Waals surface area contributed by atoms with Crippen LogP contribution in [0.1, 0.15) is 16.1 Å². The van der Waals surface area contributed by atoms with Crippen LogP contribution >= 0.6 is 11.3 Å². The SMILES string of the molecule is Cc1nc(NC(=O)CN(C)C(=O)c2ccccc2)sc1-c1ccccc1. The molecule has 5 nitrogen and oxygen atoms in total. The van der Waals surface area contributed by atoms with Gasteiger partial charge in [0.05, 0.1) is 17.1 Å². The molecule has 3 rings (SSSR count). The summed E-state index contributed by atoms with van der Waals surface area (Å²) in [4.78, 5) is 31.4. The van der Waals surface area contributed by atoms with Crippen LogP contribution in [-0.4, -0.2) is 35.3 Å². The number of hydrogen-bond donors (Lipinski definition) is 1. The van der Waals surface area contributed by atoms with Gasteiger partial charge in [-0.2, -0.15) is 0 Å². The highest BCUT2D eigenvalue weighted by Crippen LogP contribution is 2.32. The number of likely N-dealkylation sites (N-methyl/N-ethyl adjacent to an activating group) is 1. The van der Waals surface area contributed by atoms with E-state index >= 15 is 0 Å². The molecule has 0 radical (unpaired) electrons. The van der Waals surface area contributed by atoms with E-state index in [0.29, 0.717) is 10.7 Å². The van der Waals surface area contributed by atoms with Crippen molar-refractivity contribution in [1.82, 2.24) is 9.88 Å². The van der Waals surface area contributed by atoms with Crippen LogP contribution in [0.2, 0.25) is 0 Å². The Kier molecular flexibility index (Phi) is 5.43. The molecule has 2 aromatic carbocycles. The maximum Gasteiger partial charge on any atom is 0.254 e. The van der Waals surface area contributed by atoms with Crippen LogP contribution in [0, 0.1) is 6.92 Å². The monoisotopic (exact) mass is 365 g/mol. The zero-order chi connectivity index (χ0) is 18.5. The van der Waals surface area contributed by atoms with E-state index in [2.05, 4.69) is 10.3 Å².